The van der Waals surface area contributed by atoms with Crippen LogP contribution in [0.2, 0.25) is 0 Å². The standard InChI is InChI=1S/C12H26O3S/c1-7-9-11(3,4)14-16(13)15-12(5,6)10-8-2/h7-10H2,1-6H3. The molecule has 0 aliphatic heterocycles. The average Bonchev–Trinajstić information content (AvgIpc) is 1.99. The van der Waals surface area contributed by atoms with Crippen molar-refractivity contribution in [2.45, 2.75) is 78.4 Å². The Morgan fingerprint density at radius 3 is 1.44 bits per heavy atom. The Balaban J connectivity index is 4.17. The third-order valence-electron chi connectivity index (χ3n) is 2.29. The van der Waals surface area contributed by atoms with Gasteiger partial charge >= 0.3 is 11.4 Å². The molecule has 0 rings (SSSR count). The smallest absolute Gasteiger partial charge is 0.262 e. The topological polar surface area (TPSA) is 35.5 Å². The molecule has 0 saturated heterocycles. The first-order valence-electron chi connectivity index (χ1n) is 6.03. The van der Waals surface area contributed by atoms with E-state index in [1.165, 1.54) is 0 Å². The fraction of sp³-hybridized carbons (Fsp3) is 1.00. The highest BCUT2D eigenvalue weighted by Gasteiger charge is 2.27. The highest BCUT2D eigenvalue weighted by molar-refractivity contribution is 7.75. The van der Waals surface area contributed by atoms with E-state index >= 15 is 0 Å². The second-order valence-corrected chi connectivity index (χ2v) is 6.13. The monoisotopic (exact) mass is 250 g/mol. The van der Waals surface area contributed by atoms with Gasteiger partial charge in [-0.2, -0.15) is 4.21 Å². The van der Waals surface area contributed by atoms with Crippen molar-refractivity contribution in [3.05, 3.63) is 0 Å². The zero-order valence-electron chi connectivity index (χ0n) is 11.5. The van der Waals surface area contributed by atoms with Gasteiger partial charge in [-0.15, -0.1) is 0 Å². The van der Waals surface area contributed by atoms with Crippen LogP contribution < -0.4 is 0 Å². The summed E-state index contributed by atoms with van der Waals surface area (Å²) in [5, 5.41) is 0. The maximum atomic E-state index is 11.7. The molecule has 0 aromatic rings. The molecular weight excluding hydrogens is 224 g/mol. The second-order valence-electron chi connectivity index (χ2n) is 5.39. The Morgan fingerprint density at radius 1 is 0.875 bits per heavy atom. The van der Waals surface area contributed by atoms with Gasteiger partial charge in [0.1, 0.15) is 0 Å². The molecule has 0 amide bonds. The molecule has 0 saturated carbocycles. The molecule has 0 atom stereocenters. The van der Waals surface area contributed by atoms with Crippen molar-refractivity contribution in [2.75, 3.05) is 0 Å². The van der Waals surface area contributed by atoms with Gasteiger partial charge in [0.2, 0.25) is 0 Å². The lowest BCUT2D eigenvalue weighted by atomic mass is 10.0. The van der Waals surface area contributed by atoms with E-state index in [-0.39, 0.29) is 11.2 Å². The van der Waals surface area contributed by atoms with Gasteiger partial charge in [-0.05, 0) is 40.5 Å². The summed E-state index contributed by atoms with van der Waals surface area (Å²) >= 11 is -1.66. The van der Waals surface area contributed by atoms with Crippen LogP contribution in [0.5, 0.6) is 0 Å². The Morgan fingerprint density at radius 2 is 1.19 bits per heavy atom. The summed E-state index contributed by atoms with van der Waals surface area (Å²) in [7, 11) is 0. The normalized spacial score (nSPS) is 13.4. The van der Waals surface area contributed by atoms with E-state index in [4.69, 9.17) is 8.37 Å². The van der Waals surface area contributed by atoms with E-state index in [1.807, 2.05) is 27.7 Å². The summed E-state index contributed by atoms with van der Waals surface area (Å²) in [5.74, 6) is 0. The van der Waals surface area contributed by atoms with Crippen molar-refractivity contribution in [3.63, 3.8) is 0 Å². The number of hydrogen-bond donors (Lipinski definition) is 0. The molecule has 0 unspecified atom stereocenters. The lowest BCUT2D eigenvalue weighted by Crippen LogP contribution is -2.31. The minimum atomic E-state index is -1.66. The molecule has 0 bridgehead atoms. The zero-order chi connectivity index (χ0) is 12.8. The van der Waals surface area contributed by atoms with Crippen molar-refractivity contribution in [3.8, 4) is 0 Å². The van der Waals surface area contributed by atoms with Crippen LogP contribution in [0.25, 0.3) is 0 Å². The predicted octanol–water partition coefficient (Wildman–Crippen LogP) is 3.76. The summed E-state index contributed by atoms with van der Waals surface area (Å²) in [6.45, 7) is 11.9. The van der Waals surface area contributed by atoms with Crippen molar-refractivity contribution in [1.82, 2.24) is 0 Å². The Labute approximate surface area is 103 Å². The van der Waals surface area contributed by atoms with Crippen LogP contribution >= 0.6 is 0 Å². The minimum Gasteiger partial charge on any atom is -0.262 e. The summed E-state index contributed by atoms with van der Waals surface area (Å²) < 4.78 is 22.5. The fourth-order valence-corrected chi connectivity index (χ4v) is 2.61. The van der Waals surface area contributed by atoms with Gasteiger partial charge in [0.05, 0.1) is 11.2 Å². The fourth-order valence-electron chi connectivity index (χ4n) is 1.67. The second kappa shape index (κ2) is 6.72. The van der Waals surface area contributed by atoms with E-state index in [0.717, 1.165) is 25.7 Å². The summed E-state index contributed by atoms with van der Waals surface area (Å²) in [4.78, 5) is 0. The van der Waals surface area contributed by atoms with Gasteiger partial charge < -0.3 is 0 Å². The van der Waals surface area contributed by atoms with Gasteiger partial charge in [-0.1, -0.05) is 26.7 Å². The Bertz CT molecular complexity index is 202. The molecule has 0 aliphatic carbocycles. The molecule has 0 aliphatic rings. The van der Waals surface area contributed by atoms with E-state index in [9.17, 15) is 4.21 Å². The average molecular weight is 250 g/mol. The molecular formula is C12H26O3S. The SMILES string of the molecule is CCCC(C)(C)OS(=O)OC(C)(C)CCC. The molecule has 0 N–H and O–H groups in total. The quantitative estimate of drug-likeness (QED) is 0.658. The van der Waals surface area contributed by atoms with E-state index in [2.05, 4.69) is 13.8 Å². The van der Waals surface area contributed by atoms with Crippen LogP contribution in [0.1, 0.15) is 67.2 Å². The molecule has 0 fully saturated rings. The Hall–Kier alpha value is 0.0700. The molecule has 0 aromatic carbocycles. The van der Waals surface area contributed by atoms with Gasteiger partial charge in [-0.25, -0.2) is 0 Å². The lowest BCUT2D eigenvalue weighted by Gasteiger charge is -2.27. The van der Waals surface area contributed by atoms with Gasteiger partial charge in [0.25, 0.3) is 0 Å². The van der Waals surface area contributed by atoms with Gasteiger partial charge in [0.15, 0.2) is 0 Å². The third kappa shape index (κ3) is 7.36. The summed E-state index contributed by atoms with van der Waals surface area (Å²) in [6, 6.07) is 0. The number of hydrogen-bond acceptors (Lipinski definition) is 3. The third-order valence-corrected chi connectivity index (χ3v) is 3.47. The van der Waals surface area contributed by atoms with Gasteiger partial charge in [-0.3, -0.25) is 8.37 Å². The Kier molecular flexibility index (Phi) is 6.75. The molecule has 0 aromatic heterocycles. The molecule has 0 radical (unpaired) electrons. The van der Waals surface area contributed by atoms with Crippen molar-refractivity contribution >= 4 is 11.4 Å². The highest BCUT2D eigenvalue weighted by Crippen LogP contribution is 2.23. The summed E-state index contributed by atoms with van der Waals surface area (Å²) in [6.07, 6.45) is 3.75. The van der Waals surface area contributed by atoms with Crippen LogP contribution in [0.15, 0.2) is 0 Å². The molecule has 3 nitrogen and oxygen atoms in total. The minimum absolute atomic E-state index is 0.387. The van der Waals surface area contributed by atoms with E-state index in [0.29, 0.717) is 0 Å². The first kappa shape index (κ1) is 16.1. The lowest BCUT2D eigenvalue weighted by molar-refractivity contribution is 0.0502. The van der Waals surface area contributed by atoms with Crippen LogP contribution in [0.3, 0.4) is 0 Å². The van der Waals surface area contributed by atoms with Crippen molar-refractivity contribution in [1.29, 1.82) is 0 Å². The largest absolute Gasteiger partial charge is 0.305 e. The first-order chi connectivity index (χ1) is 7.22. The number of rotatable bonds is 8. The van der Waals surface area contributed by atoms with Crippen molar-refractivity contribution in [2.24, 2.45) is 0 Å². The maximum absolute atomic E-state index is 11.7. The summed E-state index contributed by atoms with van der Waals surface area (Å²) in [5.41, 5.74) is -0.774. The molecule has 98 valence electrons. The van der Waals surface area contributed by atoms with Crippen LogP contribution in [0, 0.1) is 0 Å². The van der Waals surface area contributed by atoms with Crippen LogP contribution in [-0.4, -0.2) is 15.4 Å². The van der Waals surface area contributed by atoms with E-state index in [1.54, 1.807) is 0 Å². The van der Waals surface area contributed by atoms with Crippen LogP contribution in [-0.2, 0) is 19.7 Å². The van der Waals surface area contributed by atoms with Gasteiger partial charge in [0, 0.05) is 0 Å². The van der Waals surface area contributed by atoms with Crippen LogP contribution in [0.4, 0.5) is 0 Å². The molecule has 0 heterocycles. The molecule has 4 heteroatoms. The van der Waals surface area contributed by atoms with E-state index < -0.39 is 11.4 Å². The maximum Gasteiger partial charge on any atom is 0.305 e. The highest BCUT2D eigenvalue weighted by atomic mass is 32.2. The molecule has 0 spiro atoms. The molecule has 16 heavy (non-hydrogen) atoms. The first-order valence-corrected chi connectivity index (χ1v) is 7.03. The zero-order valence-corrected chi connectivity index (χ0v) is 12.3. The van der Waals surface area contributed by atoms with Crippen molar-refractivity contribution < 1.29 is 12.6 Å². The predicted molar refractivity (Wildman–Crippen MR) is 68.3 cm³/mol.